The van der Waals surface area contributed by atoms with Gasteiger partial charge in [-0.2, -0.15) is 10.2 Å². The summed E-state index contributed by atoms with van der Waals surface area (Å²) < 4.78 is 0. The van der Waals surface area contributed by atoms with Gasteiger partial charge in [0.15, 0.2) is 0 Å². The predicted octanol–water partition coefficient (Wildman–Crippen LogP) is 4.00. The normalized spacial score (nSPS) is 8.80. The minimum atomic E-state index is 0. The lowest BCUT2D eigenvalue weighted by atomic mass is 10.1. The summed E-state index contributed by atoms with van der Waals surface area (Å²) in [6.45, 7) is 11.4. The number of nitrogens with zero attached hydrogens (tertiary/aromatic N) is 2. The summed E-state index contributed by atoms with van der Waals surface area (Å²) in [4.78, 5) is 0. The van der Waals surface area contributed by atoms with Gasteiger partial charge in [-0.3, -0.25) is 0 Å². The van der Waals surface area contributed by atoms with Crippen LogP contribution in [0.1, 0.15) is 38.0 Å². The van der Waals surface area contributed by atoms with E-state index in [1.54, 1.807) is 6.21 Å². The fraction of sp³-hybridized carbons (Fsp3) is 0.385. The quantitative estimate of drug-likeness (QED) is 0.516. The molecule has 2 nitrogen and oxygen atoms in total. The van der Waals surface area contributed by atoms with Crippen LogP contribution in [0.5, 0.6) is 0 Å². The van der Waals surface area contributed by atoms with Crippen molar-refractivity contribution >= 4 is 12.9 Å². The third-order valence-corrected chi connectivity index (χ3v) is 1.71. The van der Waals surface area contributed by atoms with E-state index in [0.717, 1.165) is 5.56 Å². The molecule has 2 heteroatoms. The molecule has 0 aliphatic rings. The molecule has 1 aromatic rings. The summed E-state index contributed by atoms with van der Waals surface area (Å²) in [5, 5.41) is 7.15. The largest absolute Gasteiger partial charge is 0.167 e. The van der Waals surface area contributed by atoms with Crippen LogP contribution in [0.2, 0.25) is 0 Å². The fourth-order valence-corrected chi connectivity index (χ4v) is 1.00. The Kier molecular flexibility index (Phi) is 9.74. The number of hydrogen-bond acceptors (Lipinski definition) is 2. The van der Waals surface area contributed by atoms with Crippen molar-refractivity contribution in [2.75, 3.05) is 0 Å². The van der Waals surface area contributed by atoms with E-state index in [1.807, 2.05) is 20.8 Å². The zero-order valence-corrected chi connectivity index (χ0v) is 9.41. The zero-order chi connectivity index (χ0) is 11.0. The molecule has 0 saturated heterocycles. The highest BCUT2D eigenvalue weighted by atomic mass is 15.2. The molecular weight excluding hydrogens is 184 g/mol. The van der Waals surface area contributed by atoms with Crippen LogP contribution in [0, 0.1) is 13.8 Å². The van der Waals surface area contributed by atoms with Gasteiger partial charge < -0.3 is 0 Å². The molecule has 15 heavy (non-hydrogen) atoms. The summed E-state index contributed by atoms with van der Waals surface area (Å²) in [7, 11) is 0. The molecule has 1 aromatic carbocycles. The average molecular weight is 206 g/mol. The Balaban J connectivity index is 0. The summed E-state index contributed by atoms with van der Waals surface area (Å²) in [5.41, 5.74) is 3.53. The molecule has 0 spiro atoms. The minimum Gasteiger partial charge on any atom is -0.167 e. The third kappa shape index (κ3) is 5.78. The van der Waals surface area contributed by atoms with Crippen LogP contribution in [0.4, 0.5) is 0 Å². The molecule has 0 amide bonds. The van der Waals surface area contributed by atoms with E-state index >= 15 is 0 Å². The first-order valence-electron chi connectivity index (χ1n) is 4.80. The Morgan fingerprint density at radius 2 is 1.80 bits per heavy atom. The first-order valence-corrected chi connectivity index (χ1v) is 4.80. The van der Waals surface area contributed by atoms with Crippen LogP contribution in [0.3, 0.4) is 0 Å². The molecule has 0 aliphatic heterocycles. The van der Waals surface area contributed by atoms with E-state index in [2.05, 4.69) is 42.0 Å². The van der Waals surface area contributed by atoms with E-state index in [0.29, 0.717) is 0 Å². The van der Waals surface area contributed by atoms with Crippen molar-refractivity contribution in [1.82, 2.24) is 0 Å². The monoisotopic (exact) mass is 206 g/mol. The van der Waals surface area contributed by atoms with Crippen LogP contribution in [0.15, 0.2) is 28.4 Å². The number of benzene rings is 1. The molecule has 0 fully saturated rings. The van der Waals surface area contributed by atoms with E-state index < -0.39 is 0 Å². The van der Waals surface area contributed by atoms with Crippen molar-refractivity contribution < 1.29 is 0 Å². The second kappa shape index (κ2) is 9.13. The number of hydrogen-bond donors (Lipinski definition) is 0. The molecule has 0 N–H and O–H groups in total. The molecule has 0 saturated carbocycles. The molecule has 1 rings (SSSR count). The molecule has 0 aliphatic carbocycles. The summed E-state index contributed by atoms with van der Waals surface area (Å²) in [6.07, 6.45) is 1.72. The third-order valence-electron chi connectivity index (χ3n) is 1.71. The van der Waals surface area contributed by atoms with Crippen molar-refractivity contribution in [2.45, 2.75) is 35.1 Å². The lowest BCUT2D eigenvalue weighted by Gasteiger charge is -1.99. The maximum atomic E-state index is 3.73. The average Bonchev–Trinajstić information content (AvgIpc) is 2.22. The molecule has 84 valence electrons. The number of aryl methyl sites for hydroxylation is 2. The van der Waals surface area contributed by atoms with E-state index in [9.17, 15) is 0 Å². The Labute approximate surface area is 93.8 Å². The Bertz CT molecular complexity index is 314. The highest BCUT2D eigenvalue weighted by molar-refractivity contribution is 5.81. The SMILES string of the molecule is C.C=N/N=C\c1cc(C)ccc1C.CC. The molecule has 0 atom stereocenters. The van der Waals surface area contributed by atoms with Gasteiger partial charge in [0.2, 0.25) is 0 Å². The molecule has 0 radical (unpaired) electrons. The molecule has 0 bridgehead atoms. The van der Waals surface area contributed by atoms with Gasteiger partial charge in [-0.1, -0.05) is 45.0 Å². The Morgan fingerprint density at radius 1 is 1.20 bits per heavy atom. The van der Waals surface area contributed by atoms with E-state index in [1.165, 1.54) is 11.1 Å². The van der Waals surface area contributed by atoms with Crippen molar-refractivity contribution in [3.8, 4) is 0 Å². The van der Waals surface area contributed by atoms with Crippen LogP contribution in [-0.2, 0) is 0 Å². The van der Waals surface area contributed by atoms with Crippen molar-refractivity contribution in [1.29, 1.82) is 0 Å². The van der Waals surface area contributed by atoms with E-state index in [4.69, 9.17) is 0 Å². The fourth-order valence-electron chi connectivity index (χ4n) is 1.00. The lowest BCUT2D eigenvalue weighted by molar-refractivity contribution is 1.27. The van der Waals surface area contributed by atoms with Crippen LogP contribution in [-0.4, -0.2) is 12.9 Å². The highest BCUT2D eigenvalue weighted by Gasteiger charge is 1.93. The first-order chi connectivity index (χ1) is 6.74. The molecular formula is C13H22N2. The van der Waals surface area contributed by atoms with Crippen LogP contribution in [0.25, 0.3) is 0 Å². The lowest BCUT2D eigenvalue weighted by Crippen LogP contribution is -1.87. The summed E-state index contributed by atoms with van der Waals surface area (Å²) in [5.74, 6) is 0. The van der Waals surface area contributed by atoms with Gasteiger partial charge in [0, 0.05) is 6.72 Å². The standard InChI is InChI=1S/C10H12N2.C2H6.CH4/c1-8-4-5-9(2)10(6-8)7-12-11-3;1-2;/h4-7H,3H2,1-2H3;1-2H3;1H4/b12-7-;;. The van der Waals surface area contributed by atoms with Gasteiger partial charge in [0.1, 0.15) is 0 Å². The van der Waals surface area contributed by atoms with Gasteiger partial charge in [0.05, 0.1) is 6.21 Å². The van der Waals surface area contributed by atoms with Gasteiger partial charge >= 0.3 is 0 Å². The van der Waals surface area contributed by atoms with Crippen LogP contribution >= 0.6 is 0 Å². The van der Waals surface area contributed by atoms with Gasteiger partial charge in [-0.25, -0.2) is 0 Å². The minimum absolute atomic E-state index is 0. The zero-order valence-electron chi connectivity index (χ0n) is 9.41. The number of rotatable bonds is 2. The summed E-state index contributed by atoms with van der Waals surface area (Å²) >= 11 is 0. The molecule has 0 heterocycles. The topological polar surface area (TPSA) is 24.7 Å². The Morgan fingerprint density at radius 3 is 2.33 bits per heavy atom. The van der Waals surface area contributed by atoms with Crippen molar-refractivity contribution in [3.05, 3.63) is 34.9 Å². The van der Waals surface area contributed by atoms with Gasteiger partial charge in [-0.15, -0.1) is 0 Å². The van der Waals surface area contributed by atoms with E-state index in [-0.39, 0.29) is 7.43 Å². The first kappa shape index (κ1) is 16.0. The molecule has 0 unspecified atom stereocenters. The second-order valence-electron chi connectivity index (χ2n) is 2.75. The molecule has 0 aromatic heterocycles. The van der Waals surface area contributed by atoms with Crippen LogP contribution < -0.4 is 0 Å². The maximum absolute atomic E-state index is 3.73. The summed E-state index contributed by atoms with van der Waals surface area (Å²) in [6, 6.07) is 6.22. The Hall–Kier alpha value is -1.44. The predicted molar refractivity (Wildman–Crippen MR) is 71.1 cm³/mol. The van der Waals surface area contributed by atoms with Crippen molar-refractivity contribution in [2.24, 2.45) is 10.2 Å². The maximum Gasteiger partial charge on any atom is 0.0570 e. The smallest absolute Gasteiger partial charge is 0.0570 e. The van der Waals surface area contributed by atoms with Gasteiger partial charge in [0.25, 0.3) is 0 Å². The van der Waals surface area contributed by atoms with Gasteiger partial charge in [-0.05, 0) is 25.0 Å². The second-order valence-corrected chi connectivity index (χ2v) is 2.75. The van der Waals surface area contributed by atoms with Crippen molar-refractivity contribution in [3.63, 3.8) is 0 Å². The highest BCUT2D eigenvalue weighted by Crippen LogP contribution is 2.07.